The minimum absolute atomic E-state index is 0.257. The smallest absolute Gasteiger partial charge is 0.260 e. The summed E-state index contributed by atoms with van der Waals surface area (Å²) in [6.07, 6.45) is 4.61. The molecule has 0 aromatic rings. The first-order valence-electron chi connectivity index (χ1n) is 6.57. The Morgan fingerprint density at radius 1 is 1.14 bits per heavy atom. The fraction of sp³-hybridized carbons (Fsp3) is 0.500. The van der Waals surface area contributed by atoms with Crippen molar-refractivity contribution >= 4 is 18.0 Å². The number of hydrogen-bond acceptors (Lipinski definition) is 6. The van der Waals surface area contributed by atoms with Crippen molar-refractivity contribution in [1.82, 2.24) is 0 Å². The fourth-order valence-corrected chi connectivity index (χ4v) is 1.90. The van der Waals surface area contributed by atoms with Crippen LogP contribution in [0.5, 0.6) is 0 Å². The maximum atomic E-state index is 11.7. The third-order valence-corrected chi connectivity index (χ3v) is 2.95. The summed E-state index contributed by atoms with van der Waals surface area (Å²) < 4.78 is 21.1. The molecule has 1 aliphatic carbocycles. The van der Waals surface area contributed by atoms with Gasteiger partial charge in [0.15, 0.2) is 11.5 Å². The Labute approximate surface area is 122 Å². The number of ether oxygens (including phenoxy) is 4. The van der Waals surface area contributed by atoms with Crippen molar-refractivity contribution in [2.75, 3.05) is 40.6 Å². The molecule has 0 N–H and O–H groups in total. The maximum absolute atomic E-state index is 11.7. The molecule has 1 amide bonds. The van der Waals surface area contributed by atoms with Crippen LogP contribution in [0.25, 0.3) is 0 Å². The summed E-state index contributed by atoms with van der Waals surface area (Å²) in [5, 5.41) is 0. The predicted octanol–water partition coefficient (Wildman–Crippen LogP) is 0.720. The summed E-state index contributed by atoms with van der Waals surface area (Å²) in [6.45, 7) is 1.88. The first-order chi connectivity index (χ1) is 10.3. The van der Waals surface area contributed by atoms with Gasteiger partial charge in [0.05, 0.1) is 32.6 Å². The van der Waals surface area contributed by atoms with Gasteiger partial charge in [0, 0.05) is 13.2 Å². The van der Waals surface area contributed by atoms with Crippen LogP contribution < -0.4 is 0 Å². The number of nitrogens with zero attached hydrogens (tertiary/aromatic N) is 2. The van der Waals surface area contributed by atoms with Crippen LogP contribution in [0.15, 0.2) is 33.7 Å². The van der Waals surface area contributed by atoms with Gasteiger partial charge in [-0.3, -0.25) is 4.79 Å². The molecule has 0 saturated heterocycles. The minimum atomic E-state index is -0.491. The van der Waals surface area contributed by atoms with E-state index < -0.39 is 5.92 Å². The van der Waals surface area contributed by atoms with E-state index in [1.165, 1.54) is 13.4 Å². The largest absolute Gasteiger partial charge is 0.493 e. The molecule has 0 saturated carbocycles. The van der Waals surface area contributed by atoms with E-state index in [4.69, 9.17) is 18.9 Å². The van der Waals surface area contributed by atoms with Crippen LogP contribution in [-0.2, 0) is 23.7 Å². The Hall–Kier alpha value is -1.99. The summed E-state index contributed by atoms with van der Waals surface area (Å²) in [5.41, 5.74) is 0.603. The SMILES string of the molecule is COCCOCCOC1=CC2=NC=NC(=O)C2C=C1OC. The molecule has 2 aliphatic rings. The van der Waals surface area contributed by atoms with Gasteiger partial charge in [-0.1, -0.05) is 0 Å². The van der Waals surface area contributed by atoms with E-state index in [2.05, 4.69) is 9.98 Å². The first-order valence-corrected chi connectivity index (χ1v) is 6.57. The van der Waals surface area contributed by atoms with Gasteiger partial charge in [-0.25, -0.2) is 9.98 Å². The van der Waals surface area contributed by atoms with E-state index in [0.717, 1.165) is 0 Å². The highest BCUT2D eigenvalue weighted by molar-refractivity contribution is 6.18. The molecule has 1 heterocycles. The van der Waals surface area contributed by atoms with Gasteiger partial charge in [-0.05, 0) is 6.08 Å². The van der Waals surface area contributed by atoms with Gasteiger partial charge in [0.25, 0.3) is 5.91 Å². The Morgan fingerprint density at radius 3 is 2.71 bits per heavy atom. The van der Waals surface area contributed by atoms with Crippen molar-refractivity contribution < 1.29 is 23.7 Å². The Balaban J connectivity index is 1.92. The zero-order valence-electron chi connectivity index (χ0n) is 12.1. The third kappa shape index (κ3) is 3.99. The number of fused-ring (bicyclic) bond motifs is 1. The normalized spacial score (nSPS) is 20.4. The average molecular weight is 294 g/mol. The average Bonchev–Trinajstić information content (AvgIpc) is 2.50. The summed E-state index contributed by atoms with van der Waals surface area (Å²) in [4.78, 5) is 19.4. The zero-order valence-corrected chi connectivity index (χ0v) is 12.1. The van der Waals surface area contributed by atoms with Gasteiger partial charge in [0.2, 0.25) is 0 Å². The molecule has 21 heavy (non-hydrogen) atoms. The molecule has 0 aromatic heterocycles. The van der Waals surface area contributed by atoms with Crippen LogP contribution in [0.2, 0.25) is 0 Å². The topological polar surface area (TPSA) is 78.7 Å². The summed E-state index contributed by atoms with van der Waals surface area (Å²) in [6, 6.07) is 0. The zero-order chi connectivity index (χ0) is 15.1. The van der Waals surface area contributed by atoms with E-state index >= 15 is 0 Å². The third-order valence-electron chi connectivity index (χ3n) is 2.95. The van der Waals surface area contributed by atoms with E-state index in [-0.39, 0.29) is 5.91 Å². The number of carbonyl (C=O) groups is 1. The molecule has 7 heteroatoms. The molecule has 2 rings (SSSR count). The molecule has 114 valence electrons. The van der Waals surface area contributed by atoms with Gasteiger partial charge in [0.1, 0.15) is 18.9 Å². The first kappa shape index (κ1) is 15.4. The van der Waals surface area contributed by atoms with Gasteiger partial charge in [-0.2, -0.15) is 0 Å². The number of hydrogen-bond donors (Lipinski definition) is 0. The molecule has 0 spiro atoms. The van der Waals surface area contributed by atoms with E-state index in [9.17, 15) is 4.79 Å². The highest BCUT2D eigenvalue weighted by atomic mass is 16.6. The highest BCUT2D eigenvalue weighted by Gasteiger charge is 2.29. The monoisotopic (exact) mass is 294 g/mol. The molecule has 7 nitrogen and oxygen atoms in total. The van der Waals surface area contributed by atoms with Crippen molar-refractivity contribution in [2.45, 2.75) is 0 Å². The number of allylic oxidation sites excluding steroid dienone is 1. The van der Waals surface area contributed by atoms with Gasteiger partial charge >= 0.3 is 0 Å². The molecule has 0 aromatic carbocycles. The Bertz CT molecular complexity index is 507. The van der Waals surface area contributed by atoms with Crippen LogP contribution in [-0.4, -0.2) is 58.6 Å². The van der Waals surface area contributed by atoms with Crippen molar-refractivity contribution in [3.05, 3.63) is 23.7 Å². The standard InChI is InChI=1S/C14H18N2O5/c1-18-3-4-20-5-6-21-13-8-11-10(7-12(13)19-2)14(17)16-9-15-11/h7-10H,3-6H2,1-2H3. The number of aliphatic imine (C=N–C) groups is 2. The lowest BCUT2D eigenvalue weighted by Gasteiger charge is -2.22. The Kier molecular flexibility index (Phi) is 5.65. The van der Waals surface area contributed by atoms with Crippen LogP contribution in [0.3, 0.4) is 0 Å². The number of carbonyl (C=O) groups excluding carboxylic acids is 1. The van der Waals surface area contributed by atoms with Gasteiger partial charge in [-0.15, -0.1) is 0 Å². The maximum Gasteiger partial charge on any atom is 0.260 e. The van der Waals surface area contributed by atoms with Crippen molar-refractivity contribution in [3.8, 4) is 0 Å². The lowest BCUT2D eigenvalue weighted by molar-refractivity contribution is -0.118. The lowest BCUT2D eigenvalue weighted by atomic mass is 9.95. The second-order valence-corrected chi connectivity index (χ2v) is 4.31. The molecule has 0 radical (unpaired) electrons. The van der Waals surface area contributed by atoms with Crippen molar-refractivity contribution in [2.24, 2.45) is 15.9 Å². The van der Waals surface area contributed by atoms with Crippen molar-refractivity contribution in [3.63, 3.8) is 0 Å². The Morgan fingerprint density at radius 2 is 1.95 bits per heavy atom. The molecule has 0 fully saturated rings. The molecular weight excluding hydrogens is 276 g/mol. The molecular formula is C14H18N2O5. The minimum Gasteiger partial charge on any atom is -0.493 e. The summed E-state index contributed by atoms with van der Waals surface area (Å²) >= 11 is 0. The van der Waals surface area contributed by atoms with E-state index in [0.29, 0.717) is 43.7 Å². The molecule has 0 bridgehead atoms. The van der Waals surface area contributed by atoms with Crippen LogP contribution in [0, 0.1) is 5.92 Å². The van der Waals surface area contributed by atoms with Crippen LogP contribution >= 0.6 is 0 Å². The predicted molar refractivity (Wildman–Crippen MR) is 76.2 cm³/mol. The summed E-state index contributed by atoms with van der Waals surface area (Å²) in [5.74, 6) is 0.287. The second-order valence-electron chi connectivity index (χ2n) is 4.31. The highest BCUT2D eigenvalue weighted by Crippen LogP contribution is 2.25. The van der Waals surface area contributed by atoms with Crippen LogP contribution in [0.4, 0.5) is 0 Å². The van der Waals surface area contributed by atoms with E-state index in [1.807, 2.05) is 0 Å². The number of rotatable bonds is 8. The quantitative estimate of drug-likeness (QED) is 0.616. The molecule has 1 atom stereocenters. The molecule has 1 aliphatic heterocycles. The summed E-state index contributed by atoms with van der Waals surface area (Å²) in [7, 11) is 3.14. The van der Waals surface area contributed by atoms with Crippen LogP contribution in [0.1, 0.15) is 0 Å². The van der Waals surface area contributed by atoms with E-state index in [1.54, 1.807) is 19.3 Å². The number of amides is 1. The van der Waals surface area contributed by atoms with Gasteiger partial charge < -0.3 is 18.9 Å². The second kappa shape index (κ2) is 7.70. The fourth-order valence-electron chi connectivity index (χ4n) is 1.90. The molecule has 1 unspecified atom stereocenters. The van der Waals surface area contributed by atoms with Crippen molar-refractivity contribution in [1.29, 1.82) is 0 Å². The lowest BCUT2D eigenvalue weighted by Crippen LogP contribution is -2.27. The number of methoxy groups -OCH3 is 2.